The Morgan fingerprint density at radius 3 is 2.83 bits per heavy atom. The maximum Gasteiger partial charge on any atom is 0.227 e. The van der Waals surface area contributed by atoms with E-state index in [0.29, 0.717) is 23.0 Å². The van der Waals surface area contributed by atoms with Crippen molar-refractivity contribution in [3.05, 3.63) is 33.8 Å². The van der Waals surface area contributed by atoms with Crippen LogP contribution in [0.3, 0.4) is 0 Å². The van der Waals surface area contributed by atoms with Gasteiger partial charge in [0.15, 0.2) is 0 Å². The van der Waals surface area contributed by atoms with Crippen LogP contribution in [0, 0.1) is 0 Å². The quantitative estimate of drug-likeness (QED) is 0.878. The monoisotopic (exact) mass is 356 g/mol. The van der Waals surface area contributed by atoms with E-state index in [4.69, 9.17) is 23.2 Å². The summed E-state index contributed by atoms with van der Waals surface area (Å²) >= 11 is 12.0. The first kappa shape index (κ1) is 18.1. The van der Waals surface area contributed by atoms with Gasteiger partial charge in [-0.2, -0.15) is 0 Å². The Hall–Kier alpha value is -1.26. The van der Waals surface area contributed by atoms with Crippen molar-refractivity contribution < 1.29 is 9.59 Å². The van der Waals surface area contributed by atoms with E-state index in [9.17, 15) is 9.59 Å². The van der Waals surface area contributed by atoms with Crippen molar-refractivity contribution in [3.63, 3.8) is 0 Å². The fourth-order valence-corrected chi connectivity index (χ4v) is 3.26. The van der Waals surface area contributed by atoms with E-state index in [1.54, 1.807) is 18.2 Å². The van der Waals surface area contributed by atoms with Gasteiger partial charge >= 0.3 is 0 Å². The van der Waals surface area contributed by atoms with Gasteiger partial charge in [-0.25, -0.2) is 0 Å². The van der Waals surface area contributed by atoms with E-state index in [2.05, 4.69) is 5.32 Å². The number of carbonyl (C=O) groups is 2. The van der Waals surface area contributed by atoms with Crippen LogP contribution in [-0.2, 0) is 16.0 Å². The normalized spacial score (nSPS) is 17.9. The summed E-state index contributed by atoms with van der Waals surface area (Å²) in [6.07, 6.45) is 3.44. The predicted octanol–water partition coefficient (Wildman–Crippen LogP) is 3.44. The minimum atomic E-state index is 0.0312. The molecule has 1 unspecified atom stereocenters. The molecule has 1 fully saturated rings. The summed E-state index contributed by atoms with van der Waals surface area (Å²) in [4.78, 5) is 26.0. The van der Waals surface area contributed by atoms with Crippen LogP contribution in [0.4, 0.5) is 0 Å². The summed E-state index contributed by atoms with van der Waals surface area (Å²) in [6, 6.07) is 5.22. The molecule has 0 spiro atoms. The molecule has 0 aromatic heterocycles. The second-order valence-corrected chi connectivity index (χ2v) is 6.75. The fraction of sp³-hybridized carbons (Fsp3) is 0.529. The van der Waals surface area contributed by atoms with Gasteiger partial charge in [0.25, 0.3) is 0 Å². The minimum Gasteiger partial charge on any atom is -0.352 e. The summed E-state index contributed by atoms with van der Waals surface area (Å²) in [5.41, 5.74) is 0.776. The lowest BCUT2D eigenvalue weighted by molar-refractivity contribution is -0.133. The van der Waals surface area contributed by atoms with Crippen molar-refractivity contribution in [3.8, 4) is 0 Å². The van der Waals surface area contributed by atoms with Gasteiger partial charge in [0.05, 0.1) is 6.42 Å². The van der Waals surface area contributed by atoms with Crippen LogP contribution in [0.15, 0.2) is 18.2 Å². The molecule has 23 heavy (non-hydrogen) atoms. The lowest BCUT2D eigenvalue weighted by Gasteiger charge is -2.33. The van der Waals surface area contributed by atoms with Crippen LogP contribution in [0.5, 0.6) is 0 Å². The molecular weight excluding hydrogens is 335 g/mol. The molecule has 0 bridgehead atoms. The number of benzene rings is 1. The molecule has 1 saturated heterocycles. The Morgan fingerprint density at radius 2 is 2.13 bits per heavy atom. The maximum absolute atomic E-state index is 12.5. The van der Waals surface area contributed by atoms with Crippen LogP contribution in [0.1, 0.15) is 38.2 Å². The molecule has 1 N–H and O–H groups in total. The van der Waals surface area contributed by atoms with Crippen molar-refractivity contribution >= 4 is 35.0 Å². The highest BCUT2D eigenvalue weighted by Crippen LogP contribution is 2.22. The van der Waals surface area contributed by atoms with Crippen molar-refractivity contribution in [2.24, 2.45) is 0 Å². The van der Waals surface area contributed by atoms with E-state index in [1.165, 1.54) is 0 Å². The van der Waals surface area contributed by atoms with E-state index in [0.717, 1.165) is 31.4 Å². The molecule has 1 atom stereocenters. The molecule has 1 aromatic rings. The van der Waals surface area contributed by atoms with Crippen molar-refractivity contribution in [2.45, 2.75) is 45.1 Å². The first-order valence-electron chi connectivity index (χ1n) is 8.00. The zero-order chi connectivity index (χ0) is 16.8. The first-order chi connectivity index (χ1) is 11.0. The number of hydrogen-bond acceptors (Lipinski definition) is 2. The molecule has 1 aliphatic heterocycles. The number of amides is 2. The average Bonchev–Trinajstić information content (AvgIpc) is 2.50. The van der Waals surface area contributed by atoms with Crippen LogP contribution in [0.25, 0.3) is 0 Å². The molecule has 6 heteroatoms. The average molecular weight is 357 g/mol. The summed E-state index contributed by atoms with van der Waals surface area (Å²) in [7, 11) is 0. The van der Waals surface area contributed by atoms with Crippen LogP contribution >= 0.6 is 23.2 Å². The van der Waals surface area contributed by atoms with Crippen molar-refractivity contribution in [1.29, 1.82) is 0 Å². The number of nitrogens with one attached hydrogen (secondary N) is 1. The molecule has 0 aliphatic carbocycles. The Labute approximate surface area is 147 Å². The number of halogens is 2. The van der Waals surface area contributed by atoms with E-state index in [1.807, 2.05) is 11.8 Å². The molecule has 4 nitrogen and oxygen atoms in total. The third kappa shape index (κ3) is 5.40. The van der Waals surface area contributed by atoms with Gasteiger partial charge in [0.1, 0.15) is 0 Å². The second kappa shape index (κ2) is 8.55. The van der Waals surface area contributed by atoms with Gasteiger partial charge in [-0.1, -0.05) is 36.2 Å². The number of nitrogens with zero attached hydrogens (tertiary/aromatic N) is 1. The molecular formula is C17H22Cl2N2O2. The topological polar surface area (TPSA) is 49.4 Å². The molecule has 1 heterocycles. The predicted molar refractivity (Wildman–Crippen MR) is 92.8 cm³/mol. The van der Waals surface area contributed by atoms with Gasteiger partial charge < -0.3 is 10.2 Å². The highest BCUT2D eigenvalue weighted by molar-refractivity contribution is 6.35. The Balaban J connectivity index is 1.92. The Kier molecular flexibility index (Phi) is 6.72. The standard InChI is InChI=1S/C17H22Cl2N2O2/c1-2-4-16(22)20-14-5-3-8-21(11-14)17(23)9-12-6-7-13(18)10-15(12)19/h6-7,10,14H,2-5,8-9,11H2,1H3,(H,20,22). The van der Waals surface area contributed by atoms with Crippen LogP contribution in [-0.4, -0.2) is 35.8 Å². The summed E-state index contributed by atoms with van der Waals surface area (Å²) in [6.45, 7) is 3.27. The highest BCUT2D eigenvalue weighted by Gasteiger charge is 2.25. The number of carbonyl (C=O) groups excluding carboxylic acids is 2. The molecule has 0 saturated carbocycles. The van der Waals surface area contributed by atoms with Gasteiger partial charge in [-0.15, -0.1) is 0 Å². The zero-order valence-corrected chi connectivity index (χ0v) is 14.8. The largest absolute Gasteiger partial charge is 0.352 e. The third-order valence-electron chi connectivity index (χ3n) is 3.97. The maximum atomic E-state index is 12.5. The lowest BCUT2D eigenvalue weighted by Crippen LogP contribution is -2.50. The lowest BCUT2D eigenvalue weighted by atomic mass is 10.0. The first-order valence-corrected chi connectivity index (χ1v) is 8.76. The van der Waals surface area contributed by atoms with Crippen LogP contribution in [0.2, 0.25) is 10.0 Å². The summed E-state index contributed by atoms with van der Waals surface area (Å²) < 4.78 is 0. The van der Waals surface area contributed by atoms with Gasteiger partial charge in [0.2, 0.25) is 11.8 Å². The summed E-state index contributed by atoms with van der Waals surface area (Å²) in [5, 5.41) is 4.08. The van der Waals surface area contributed by atoms with Gasteiger partial charge in [-0.3, -0.25) is 9.59 Å². The number of likely N-dealkylation sites (tertiary alicyclic amines) is 1. The minimum absolute atomic E-state index is 0.0312. The highest BCUT2D eigenvalue weighted by atomic mass is 35.5. The Morgan fingerprint density at radius 1 is 1.35 bits per heavy atom. The fourth-order valence-electron chi connectivity index (χ4n) is 2.79. The van der Waals surface area contributed by atoms with E-state index in [-0.39, 0.29) is 24.3 Å². The Bertz CT molecular complexity index is 578. The second-order valence-electron chi connectivity index (χ2n) is 5.91. The molecule has 1 aromatic carbocycles. The molecule has 0 radical (unpaired) electrons. The number of hydrogen-bond donors (Lipinski definition) is 1. The molecule has 2 rings (SSSR count). The van der Waals surface area contributed by atoms with Crippen molar-refractivity contribution in [2.75, 3.05) is 13.1 Å². The van der Waals surface area contributed by atoms with Crippen molar-refractivity contribution in [1.82, 2.24) is 10.2 Å². The van der Waals surface area contributed by atoms with Gasteiger partial charge in [-0.05, 0) is 37.0 Å². The number of piperidine rings is 1. The molecule has 126 valence electrons. The van der Waals surface area contributed by atoms with E-state index >= 15 is 0 Å². The smallest absolute Gasteiger partial charge is 0.227 e. The number of rotatable bonds is 5. The SMILES string of the molecule is CCCC(=O)NC1CCCN(C(=O)Cc2ccc(Cl)cc2Cl)C1. The van der Waals surface area contributed by atoms with Crippen LogP contribution < -0.4 is 5.32 Å². The molecule has 1 aliphatic rings. The van der Waals surface area contributed by atoms with E-state index < -0.39 is 0 Å². The third-order valence-corrected chi connectivity index (χ3v) is 4.56. The summed E-state index contributed by atoms with van der Waals surface area (Å²) in [5.74, 6) is 0.0937. The molecule has 2 amide bonds. The zero-order valence-electron chi connectivity index (χ0n) is 13.3. The van der Waals surface area contributed by atoms with Gasteiger partial charge in [0, 0.05) is 35.6 Å².